The molecule has 1 aliphatic heterocycles. The van der Waals surface area contributed by atoms with Crippen molar-refractivity contribution in [2.75, 3.05) is 33.7 Å². The first kappa shape index (κ1) is 18.6. The van der Waals surface area contributed by atoms with Crippen LogP contribution < -0.4 is 0 Å². The van der Waals surface area contributed by atoms with E-state index in [1.165, 1.54) is 5.56 Å². The van der Waals surface area contributed by atoms with Crippen LogP contribution in [-0.2, 0) is 11.3 Å². The summed E-state index contributed by atoms with van der Waals surface area (Å²) in [5, 5.41) is 0. The fourth-order valence-corrected chi connectivity index (χ4v) is 3.71. The standard InChI is InChI=1S/C21H30N4O/c1-23(2)13-7-11-20(26)24-14-6-10-19(17-24)21-22-12-15-25(21)16-18-8-4-3-5-9-18/h3-5,8-9,12,15,19H,6-7,10-11,13-14,16-17H2,1-2H3. The lowest BCUT2D eigenvalue weighted by Gasteiger charge is -2.33. The number of carbonyl (C=O) groups is 1. The number of benzene rings is 1. The second kappa shape index (κ2) is 8.99. The molecule has 2 heterocycles. The monoisotopic (exact) mass is 354 g/mol. The van der Waals surface area contributed by atoms with Gasteiger partial charge in [-0.2, -0.15) is 0 Å². The Bertz CT molecular complexity index is 695. The van der Waals surface area contributed by atoms with Crippen LogP contribution in [0.15, 0.2) is 42.7 Å². The lowest BCUT2D eigenvalue weighted by molar-refractivity contribution is -0.132. The fourth-order valence-electron chi connectivity index (χ4n) is 3.71. The van der Waals surface area contributed by atoms with Crippen molar-refractivity contribution < 1.29 is 4.79 Å². The molecule has 0 N–H and O–H groups in total. The second-order valence-electron chi connectivity index (χ2n) is 7.48. The summed E-state index contributed by atoms with van der Waals surface area (Å²) in [5.41, 5.74) is 1.28. The zero-order valence-corrected chi connectivity index (χ0v) is 16.0. The van der Waals surface area contributed by atoms with Gasteiger partial charge in [-0.15, -0.1) is 0 Å². The van der Waals surface area contributed by atoms with Gasteiger partial charge in [-0.1, -0.05) is 30.3 Å². The predicted octanol–water partition coefficient (Wildman–Crippen LogP) is 2.98. The highest BCUT2D eigenvalue weighted by atomic mass is 16.2. The van der Waals surface area contributed by atoms with Crippen molar-refractivity contribution in [1.29, 1.82) is 0 Å². The molecular weight excluding hydrogens is 324 g/mol. The number of nitrogens with zero attached hydrogens (tertiary/aromatic N) is 4. The second-order valence-corrected chi connectivity index (χ2v) is 7.48. The molecule has 0 saturated carbocycles. The van der Waals surface area contributed by atoms with Crippen molar-refractivity contribution in [3.05, 3.63) is 54.1 Å². The molecule has 3 rings (SSSR count). The van der Waals surface area contributed by atoms with E-state index in [4.69, 9.17) is 0 Å². The van der Waals surface area contributed by atoms with Crippen LogP contribution in [0.3, 0.4) is 0 Å². The number of rotatable bonds is 7. The number of hydrogen-bond donors (Lipinski definition) is 0. The number of hydrogen-bond acceptors (Lipinski definition) is 3. The van der Waals surface area contributed by atoms with Crippen molar-refractivity contribution in [2.45, 2.75) is 38.1 Å². The Balaban J connectivity index is 1.61. The molecular formula is C21H30N4O. The first-order valence-corrected chi connectivity index (χ1v) is 9.61. The van der Waals surface area contributed by atoms with Gasteiger partial charge in [0.2, 0.25) is 5.91 Å². The van der Waals surface area contributed by atoms with Gasteiger partial charge in [0, 0.05) is 44.4 Å². The molecule has 1 aromatic heterocycles. The van der Waals surface area contributed by atoms with E-state index in [9.17, 15) is 4.79 Å². The summed E-state index contributed by atoms with van der Waals surface area (Å²) in [4.78, 5) is 21.4. The number of likely N-dealkylation sites (tertiary alicyclic amines) is 1. The van der Waals surface area contributed by atoms with Gasteiger partial charge in [-0.3, -0.25) is 4.79 Å². The Kier molecular flexibility index (Phi) is 6.45. The molecule has 1 atom stereocenters. The highest BCUT2D eigenvalue weighted by Crippen LogP contribution is 2.26. The van der Waals surface area contributed by atoms with E-state index in [0.717, 1.165) is 51.3 Å². The van der Waals surface area contributed by atoms with Crippen LogP contribution in [0.5, 0.6) is 0 Å². The molecule has 1 amide bonds. The molecule has 0 bridgehead atoms. The van der Waals surface area contributed by atoms with E-state index in [1.807, 2.05) is 31.3 Å². The third-order valence-electron chi connectivity index (χ3n) is 5.08. The molecule has 1 saturated heterocycles. The number of imidazole rings is 1. The molecule has 2 aromatic rings. The quantitative estimate of drug-likeness (QED) is 0.768. The molecule has 1 aromatic carbocycles. The number of aromatic nitrogens is 2. The Hall–Kier alpha value is -2.14. The predicted molar refractivity (Wildman–Crippen MR) is 104 cm³/mol. The average Bonchev–Trinajstić information content (AvgIpc) is 3.10. The molecule has 0 radical (unpaired) electrons. The number of piperidine rings is 1. The van der Waals surface area contributed by atoms with E-state index in [2.05, 4.69) is 44.9 Å². The number of carbonyl (C=O) groups excluding carboxylic acids is 1. The van der Waals surface area contributed by atoms with E-state index in [1.54, 1.807) is 0 Å². The number of amides is 1. The molecule has 1 aliphatic rings. The highest BCUT2D eigenvalue weighted by molar-refractivity contribution is 5.76. The summed E-state index contributed by atoms with van der Waals surface area (Å²) in [6, 6.07) is 10.5. The summed E-state index contributed by atoms with van der Waals surface area (Å²) >= 11 is 0. The first-order valence-electron chi connectivity index (χ1n) is 9.61. The molecule has 1 unspecified atom stereocenters. The van der Waals surface area contributed by atoms with E-state index in [0.29, 0.717) is 12.3 Å². The molecule has 26 heavy (non-hydrogen) atoms. The minimum Gasteiger partial charge on any atom is -0.342 e. The van der Waals surface area contributed by atoms with Gasteiger partial charge in [0.15, 0.2) is 0 Å². The zero-order chi connectivity index (χ0) is 18.4. The first-order chi connectivity index (χ1) is 12.6. The summed E-state index contributed by atoms with van der Waals surface area (Å²) < 4.78 is 2.24. The third-order valence-corrected chi connectivity index (χ3v) is 5.08. The minimum atomic E-state index is 0.290. The fraction of sp³-hybridized carbons (Fsp3) is 0.524. The normalized spacial score (nSPS) is 17.7. The Morgan fingerprint density at radius 3 is 2.85 bits per heavy atom. The third kappa shape index (κ3) is 4.94. The average molecular weight is 354 g/mol. The Morgan fingerprint density at radius 1 is 1.27 bits per heavy atom. The lowest BCUT2D eigenvalue weighted by atomic mass is 9.96. The zero-order valence-electron chi connectivity index (χ0n) is 16.0. The summed E-state index contributed by atoms with van der Waals surface area (Å²) in [6.07, 6.45) is 7.67. The maximum Gasteiger partial charge on any atom is 0.222 e. The molecule has 140 valence electrons. The van der Waals surface area contributed by atoms with E-state index < -0.39 is 0 Å². The molecule has 5 nitrogen and oxygen atoms in total. The molecule has 1 fully saturated rings. The van der Waals surface area contributed by atoms with Crippen molar-refractivity contribution >= 4 is 5.91 Å². The van der Waals surface area contributed by atoms with Gasteiger partial charge in [0.05, 0.1) is 0 Å². The lowest BCUT2D eigenvalue weighted by Crippen LogP contribution is -2.40. The van der Waals surface area contributed by atoms with Crippen LogP contribution in [0.25, 0.3) is 0 Å². The van der Waals surface area contributed by atoms with Gasteiger partial charge in [0.1, 0.15) is 5.82 Å². The van der Waals surface area contributed by atoms with Crippen LogP contribution in [0.4, 0.5) is 0 Å². The van der Waals surface area contributed by atoms with Gasteiger partial charge >= 0.3 is 0 Å². The van der Waals surface area contributed by atoms with Crippen LogP contribution in [0.1, 0.15) is 43.0 Å². The summed E-state index contributed by atoms with van der Waals surface area (Å²) in [5.74, 6) is 1.73. The molecule has 0 spiro atoms. The van der Waals surface area contributed by atoms with Crippen molar-refractivity contribution in [3.63, 3.8) is 0 Å². The van der Waals surface area contributed by atoms with E-state index >= 15 is 0 Å². The molecule has 0 aliphatic carbocycles. The van der Waals surface area contributed by atoms with Crippen LogP contribution in [0, 0.1) is 0 Å². The Labute approximate surface area is 156 Å². The van der Waals surface area contributed by atoms with Crippen molar-refractivity contribution in [2.24, 2.45) is 0 Å². The van der Waals surface area contributed by atoms with Crippen LogP contribution in [-0.4, -0.2) is 59.0 Å². The largest absolute Gasteiger partial charge is 0.342 e. The van der Waals surface area contributed by atoms with Gasteiger partial charge in [-0.05, 0) is 45.5 Å². The SMILES string of the molecule is CN(C)CCCC(=O)N1CCCC(c2nccn2Cc2ccccc2)C1. The maximum absolute atomic E-state index is 12.6. The van der Waals surface area contributed by atoms with Crippen LogP contribution in [0.2, 0.25) is 0 Å². The van der Waals surface area contributed by atoms with Crippen molar-refractivity contribution in [3.8, 4) is 0 Å². The van der Waals surface area contributed by atoms with Crippen LogP contribution >= 0.6 is 0 Å². The smallest absolute Gasteiger partial charge is 0.222 e. The summed E-state index contributed by atoms with van der Waals surface area (Å²) in [6.45, 7) is 3.48. The van der Waals surface area contributed by atoms with E-state index in [-0.39, 0.29) is 5.91 Å². The minimum absolute atomic E-state index is 0.290. The maximum atomic E-state index is 12.6. The highest BCUT2D eigenvalue weighted by Gasteiger charge is 2.27. The van der Waals surface area contributed by atoms with Gasteiger partial charge < -0.3 is 14.4 Å². The summed E-state index contributed by atoms with van der Waals surface area (Å²) in [7, 11) is 4.10. The topological polar surface area (TPSA) is 41.4 Å². The van der Waals surface area contributed by atoms with Gasteiger partial charge in [0.25, 0.3) is 0 Å². The van der Waals surface area contributed by atoms with Gasteiger partial charge in [-0.25, -0.2) is 4.98 Å². The Morgan fingerprint density at radius 2 is 2.08 bits per heavy atom. The molecule has 5 heteroatoms. The van der Waals surface area contributed by atoms with Crippen molar-refractivity contribution in [1.82, 2.24) is 19.4 Å².